The van der Waals surface area contributed by atoms with Crippen LogP contribution in [0.2, 0.25) is 0 Å². The first-order valence-electron chi connectivity index (χ1n) is 6.73. The van der Waals surface area contributed by atoms with Gasteiger partial charge in [-0.3, -0.25) is 9.59 Å². The molecular formula is C15H20N2O3. The molecular weight excluding hydrogens is 256 g/mol. The highest BCUT2D eigenvalue weighted by atomic mass is 16.5. The summed E-state index contributed by atoms with van der Waals surface area (Å²) >= 11 is 0. The lowest BCUT2D eigenvalue weighted by Crippen LogP contribution is -2.38. The normalized spacial score (nSPS) is 13.8. The Balaban J connectivity index is 2.03. The maximum Gasteiger partial charge on any atom is 0.244 e. The molecule has 0 saturated heterocycles. The summed E-state index contributed by atoms with van der Waals surface area (Å²) in [5.41, 5.74) is 1.67. The predicted molar refractivity (Wildman–Crippen MR) is 76.8 cm³/mol. The van der Waals surface area contributed by atoms with Gasteiger partial charge in [0.2, 0.25) is 11.8 Å². The van der Waals surface area contributed by atoms with E-state index in [0.717, 1.165) is 18.4 Å². The number of aryl methyl sites for hydroxylation is 1. The van der Waals surface area contributed by atoms with Gasteiger partial charge in [-0.15, -0.1) is 0 Å². The SMILES string of the molecule is COc1ccc(C)cc1NC(=O)CN(C(C)=O)C1CC1. The van der Waals surface area contributed by atoms with Crippen molar-refractivity contribution in [3.05, 3.63) is 23.8 Å². The van der Waals surface area contributed by atoms with E-state index >= 15 is 0 Å². The first-order chi connectivity index (χ1) is 9.51. The van der Waals surface area contributed by atoms with Gasteiger partial charge in [-0.25, -0.2) is 0 Å². The molecule has 0 heterocycles. The van der Waals surface area contributed by atoms with Crippen molar-refractivity contribution >= 4 is 17.5 Å². The number of anilines is 1. The van der Waals surface area contributed by atoms with Crippen LogP contribution in [0.4, 0.5) is 5.69 Å². The number of benzene rings is 1. The van der Waals surface area contributed by atoms with E-state index in [-0.39, 0.29) is 24.4 Å². The van der Waals surface area contributed by atoms with Crippen molar-refractivity contribution in [2.24, 2.45) is 0 Å². The molecule has 1 aromatic carbocycles. The van der Waals surface area contributed by atoms with Crippen molar-refractivity contribution < 1.29 is 14.3 Å². The van der Waals surface area contributed by atoms with E-state index in [1.54, 1.807) is 12.0 Å². The highest BCUT2D eigenvalue weighted by molar-refractivity contribution is 5.95. The lowest BCUT2D eigenvalue weighted by molar-refractivity contribution is -0.133. The van der Waals surface area contributed by atoms with Crippen LogP contribution in [-0.2, 0) is 9.59 Å². The molecule has 2 amide bonds. The van der Waals surface area contributed by atoms with Crippen molar-refractivity contribution in [3.63, 3.8) is 0 Å². The minimum atomic E-state index is -0.198. The van der Waals surface area contributed by atoms with Crippen LogP contribution in [-0.4, -0.2) is 36.4 Å². The molecule has 0 spiro atoms. The Morgan fingerprint density at radius 2 is 2.10 bits per heavy atom. The molecule has 0 aliphatic heterocycles. The molecule has 20 heavy (non-hydrogen) atoms. The van der Waals surface area contributed by atoms with Gasteiger partial charge in [-0.05, 0) is 37.5 Å². The number of nitrogens with zero attached hydrogens (tertiary/aromatic N) is 1. The van der Waals surface area contributed by atoms with Crippen molar-refractivity contribution in [2.45, 2.75) is 32.7 Å². The maximum atomic E-state index is 12.1. The van der Waals surface area contributed by atoms with Gasteiger partial charge in [-0.1, -0.05) is 6.07 Å². The Kier molecular flexibility index (Phi) is 4.27. The van der Waals surface area contributed by atoms with Crippen molar-refractivity contribution in [3.8, 4) is 5.75 Å². The largest absolute Gasteiger partial charge is 0.495 e. The molecule has 5 heteroatoms. The molecule has 2 rings (SSSR count). The van der Waals surface area contributed by atoms with E-state index < -0.39 is 0 Å². The highest BCUT2D eigenvalue weighted by Gasteiger charge is 2.32. The summed E-state index contributed by atoms with van der Waals surface area (Å²) in [6.07, 6.45) is 1.97. The molecule has 1 aliphatic carbocycles. The number of ether oxygens (including phenoxy) is 1. The summed E-state index contributed by atoms with van der Waals surface area (Å²) in [5, 5.41) is 2.81. The van der Waals surface area contributed by atoms with E-state index in [0.29, 0.717) is 11.4 Å². The lowest BCUT2D eigenvalue weighted by atomic mass is 10.2. The van der Waals surface area contributed by atoms with Gasteiger partial charge in [0.05, 0.1) is 12.8 Å². The molecule has 0 bridgehead atoms. The Labute approximate surface area is 118 Å². The number of nitrogens with one attached hydrogen (secondary N) is 1. The minimum absolute atomic E-state index is 0.0566. The molecule has 108 valence electrons. The second-order valence-corrected chi connectivity index (χ2v) is 5.13. The van der Waals surface area contributed by atoms with Gasteiger partial charge in [0.25, 0.3) is 0 Å². The van der Waals surface area contributed by atoms with Crippen LogP contribution in [0.15, 0.2) is 18.2 Å². The van der Waals surface area contributed by atoms with E-state index in [1.165, 1.54) is 6.92 Å². The fourth-order valence-corrected chi connectivity index (χ4v) is 2.15. The maximum absolute atomic E-state index is 12.1. The number of methoxy groups -OCH3 is 1. The van der Waals surface area contributed by atoms with Crippen LogP contribution in [0.3, 0.4) is 0 Å². The minimum Gasteiger partial charge on any atom is -0.495 e. The first-order valence-corrected chi connectivity index (χ1v) is 6.73. The Morgan fingerprint density at radius 1 is 1.40 bits per heavy atom. The number of rotatable bonds is 5. The average molecular weight is 276 g/mol. The predicted octanol–water partition coefficient (Wildman–Crippen LogP) is 1.95. The summed E-state index contributed by atoms with van der Waals surface area (Å²) in [6, 6.07) is 5.82. The van der Waals surface area contributed by atoms with Gasteiger partial charge < -0.3 is 15.0 Å². The summed E-state index contributed by atoms with van der Waals surface area (Å²) in [7, 11) is 1.56. The molecule has 1 N–H and O–H groups in total. The van der Waals surface area contributed by atoms with E-state index in [2.05, 4.69) is 5.32 Å². The molecule has 0 unspecified atom stereocenters. The summed E-state index contributed by atoms with van der Waals surface area (Å²) in [6.45, 7) is 3.54. The van der Waals surface area contributed by atoms with Gasteiger partial charge in [0, 0.05) is 13.0 Å². The fourth-order valence-electron chi connectivity index (χ4n) is 2.15. The van der Waals surface area contributed by atoms with Gasteiger partial charge in [0.1, 0.15) is 12.3 Å². The third-order valence-electron chi connectivity index (χ3n) is 3.34. The summed E-state index contributed by atoms with van der Waals surface area (Å²) in [4.78, 5) is 25.2. The molecule has 5 nitrogen and oxygen atoms in total. The van der Waals surface area contributed by atoms with Crippen LogP contribution >= 0.6 is 0 Å². The molecule has 1 saturated carbocycles. The smallest absolute Gasteiger partial charge is 0.244 e. The monoisotopic (exact) mass is 276 g/mol. The highest BCUT2D eigenvalue weighted by Crippen LogP contribution is 2.28. The van der Waals surface area contributed by atoms with Crippen molar-refractivity contribution in [2.75, 3.05) is 19.0 Å². The number of carbonyl (C=O) groups excluding carboxylic acids is 2. The van der Waals surface area contributed by atoms with Crippen LogP contribution < -0.4 is 10.1 Å². The molecule has 0 aromatic heterocycles. The molecule has 1 aliphatic rings. The summed E-state index contributed by atoms with van der Waals surface area (Å²) in [5.74, 6) is 0.361. The number of carbonyl (C=O) groups is 2. The lowest BCUT2D eigenvalue weighted by Gasteiger charge is -2.20. The zero-order valence-electron chi connectivity index (χ0n) is 12.1. The van der Waals surface area contributed by atoms with Crippen LogP contribution in [0, 0.1) is 6.92 Å². The number of hydrogen-bond donors (Lipinski definition) is 1. The van der Waals surface area contributed by atoms with Crippen molar-refractivity contribution in [1.82, 2.24) is 4.90 Å². The Morgan fingerprint density at radius 3 is 2.65 bits per heavy atom. The van der Waals surface area contributed by atoms with Gasteiger partial charge in [0.15, 0.2) is 0 Å². The van der Waals surface area contributed by atoms with Crippen LogP contribution in [0.5, 0.6) is 5.75 Å². The van der Waals surface area contributed by atoms with E-state index in [9.17, 15) is 9.59 Å². The number of amides is 2. The summed E-state index contributed by atoms with van der Waals surface area (Å²) < 4.78 is 5.22. The molecule has 0 radical (unpaired) electrons. The Bertz CT molecular complexity index is 524. The first kappa shape index (κ1) is 14.4. The van der Waals surface area contributed by atoms with Crippen LogP contribution in [0.1, 0.15) is 25.3 Å². The molecule has 1 fully saturated rings. The van der Waals surface area contributed by atoms with Crippen LogP contribution in [0.25, 0.3) is 0 Å². The van der Waals surface area contributed by atoms with Gasteiger partial charge >= 0.3 is 0 Å². The van der Waals surface area contributed by atoms with E-state index in [1.807, 2.05) is 25.1 Å². The topological polar surface area (TPSA) is 58.6 Å². The number of hydrogen-bond acceptors (Lipinski definition) is 3. The van der Waals surface area contributed by atoms with E-state index in [4.69, 9.17) is 4.74 Å². The molecule has 0 atom stereocenters. The standard InChI is InChI=1S/C15H20N2O3/c1-10-4-7-14(20-3)13(8-10)16-15(19)9-17(11(2)18)12-5-6-12/h4,7-8,12H,5-6,9H2,1-3H3,(H,16,19). The zero-order chi connectivity index (χ0) is 14.7. The second-order valence-electron chi connectivity index (χ2n) is 5.13. The fraction of sp³-hybridized carbons (Fsp3) is 0.467. The third kappa shape index (κ3) is 3.50. The molecule has 1 aromatic rings. The third-order valence-corrected chi connectivity index (χ3v) is 3.34. The Hall–Kier alpha value is -2.04. The quantitative estimate of drug-likeness (QED) is 0.894. The van der Waals surface area contributed by atoms with Gasteiger partial charge in [-0.2, -0.15) is 0 Å². The van der Waals surface area contributed by atoms with Crippen molar-refractivity contribution in [1.29, 1.82) is 0 Å². The zero-order valence-corrected chi connectivity index (χ0v) is 12.1. The average Bonchev–Trinajstić information content (AvgIpc) is 3.20. The second kappa shape index (κ2) is 5.94.